The molecule has 7 heteroatoms. The highest BCUT2D eigenvalue weighted by atomic mass is 16.4. The van der Waals surface area contributed by atoms with Gasteiger partial charge in [0.1, 0.15) is 5.82 Å². The molecule has 2 aromatic heterocycles. The van der Waals surface area contributed by atoms with Crippen molar-refractivity contribution in [1.82, 2.24) is 14.3 Å². The van der Waals surface area contributed by atoms with Crippen LogP contribution in [0.5, 0.6) is 0 Å². The molecule has 1 fully saturated rings. The number of hydrogen-bond donors (Lipinski definition) is 1. The summed E-state index contributed by atoms with van der Waals surface area (Å²) in [7, 11) is 1.61. The van der Waals surface area contributed by atoms with Crippen molar-refractivity contribution in [3.05, 3.63) is 76.4 Å². The van der Waals surface area contributed by atoms with Gasteiger partial charge in [-0.25, -0.2) is 9.48 Å². The maximum atomic E-state index is 13.1. The van der Waals surface area contributed by atoms with Gasteiger partial charge in [0, 0.05) is 19.0 Å². The van der Waals surface area contributed by atoms with Gasteiger partial charge in [-0.2, -0.15) is 5.10 Å². The highest BCUT2D eigenvalue weighted by molar-refractivity contribution is 6.10. The first-order valence-corrected chi connectivity index (χ1v) is 9.58. The summed E-state index contributed by atoms with van der Waals surface area (Å²) in [4.78, 5) is 24.9. The number of amides is 1. The summed E-state index contributed by atoms with van der Waals surface area (Å²) in [5.41, 5.74) is 3.00. The Labute approximate surface area is 166 Å². The van der Waals surface area contributed by atoms with Crippen molar-refractivity contribution in [3.8, 4) is 5.69 Å². The fourth-order valence-corrected chi connectivity index (χ4v) is 3.68. The van der Waals surface area contributed by atoms with Crippen LogP contribution in [-0.4, -0.2) is 20.3 Å². The quantitative estimate of drug-likeness (QED) is 0.578. The summed E-state index contributed by atoms with van der Waals surface area (Å²) >= 11 is 0. The molecule has 1 amide bonds. The average Bonchev–Trinajstić information content (AvgIpc) is 3.19. The molecular formula is C22H20N4O3. The molecule has 2 atom stereocenters. The summed E-state index contributed by atoms with van der Waals surface area (Å²) < 4.78 is 8.43. The number of aryl methyl sites for hydroxylation is 1. The lowest BCUT2D eigenvalue weighted by Gasteiger charge is -2.09. The number of para-hydroxylation sites is 2. The van der Waals surface area contributed by atoms with E-state index in [0.717, 1.165) is 17.8 Å². The van der Waals surface area contributed by atoms with Crippen molar-refractivity contribution in [3.63, 3.8) is 0 Å². The van der Waals surface area contributed by atoms with E-state index >= 15 is 0 Å². The van der Waals surface area contributed by atoms with E-state index < -0.39 is 5.76 Å². The molecular weight excluding hydrogens is 368 g/mol. The topological polar surface area (TPSA) is 82.1 Å². The normalized spacial score (nSPS) is 18.1. The van der Waals surface area contributed by atoms with Gasteiger partial charge in [0.15, 0.2) is 5.58 Å². The van der Waals surface area contributed by atoms with Crippen LogP contribution >= 0.6 is 0 Å². The van der Waals surface area contributed by atoms with Crippen molar-refractivity contribution < 1.29 is 9.21 Å². The Morgan fingerprint density at radius 2 is 1.93 bits per heavy atom. The monoisotopic (exact) mass is 388 g/mol. The van der Waals surface area contributed by atoms with Gasteiger partial charge in [-0.3, -0.25) is 9.36 Å². The largest absolute Gasteiger partial charge is 0.419 e. The van der Waals surface area contributed by atoms with Gasteiger partial charge < -0.3 is 9.73 Å². The first kappa shape index (κ1) is 17.5. The van der Waals surface area contributed by atoms with E-state index in [1.54, 1.807) is 29.9 Å². The third-order valence-electron chi connectivity index (χ3n) is 5.52. The Kier molecular flexibility index (Phi) is 3.91. The fourth-order valence-electron chi connectivity index (χ4n) is 3.68. The molecule has 1 saturated carbocycles. The number of carbonyl (C=O) groups is 1. The van der Waals surface area contributed by atoms with Crippen molar-refractivity contribution in [2.75, 3.05) is 5.32 Å². The number of aromatic nitrogens is 3. The first-order chi connectivity index (χ1) is 14.0. The van der Waals surface area contributed by atoms with Gasteiger partial charge in [-0.05, 0) is 36.6 Å². The van der Waals surface area contributed by atoms with Crippen LogP contribution in [0.3, 0.4) is 0 Å². The van der Waals surface area contributed by atoms with Gasteiger partial charge in [0.25, 0.3) is 5.91 Å². The molecule has 0 radical (unpaired) electrons. The zero-order chi connectivity index (χ0) is 20.1. The van der Waals surface area contributed by atoms with Gasteiger partial charge in [0.05, 0.1) is 22.5 Å². The van der Waals surface area contributed by atoms with E-state index in [0.29, 0.717) is 28.7 Å². The number of oxazole rings is 1. The van der Waals surface area contributed by atoms with Crippen LogP contribution in [0.2, 0.25) is 0 Å². The molecule has 0 unspecified atom stereocenters. The molecule has 0 aliphatic heterocycles. The van der Waals surface area contributed by atoms with Gasteiger partial charge in [-0.15, -0.1) is 0 Å². The second-order valence-corrected chi connectivity index (χ2v) is 7.56. The second kappa shape index (κ2) is 6.48. The third-order valence-corrected chi connectivity index (χ3v) is 5.52. The molecule has 1 aliphatic carbocycles. The summed E-state index contributed by atoms with van der Waals surface area (Å²) in [5.74, 6) is 0.763. The van der Waals surface area contributed by atoms with E-state index in [1.807, 2.05) is 36.4 Å². The molecule has 5 rings (SSSR count). The predicted molar refractivity (Wildman–Crippen MR) is 109 cm³/mol. The molecule has 4 aromatic rings. The molecule has 0 bridgehead atoms. The maximum Gasteiger partial charge on any atom is 0.419 e. The minimum absolute atomic E-state index is 0.277. The molecule has 29 heavy (non-hydrogen) atoms. The Morgan fingerprint density at radius 3 is 2.66 bits per heavy atom. The van der Waals surface area contributed by atoms with Crippen LogP contribution in [0.1, 0.15) is 35.3 Å². The van der Waals surface area contributed by atoms with Gasteiger partial charge in [-0.1, -0.05) is 31.2 Å². The van der Waals surface area contributed by atoms with E-state index in [2.05, 4.69) is 12.2 Å². The first-order valence-electron chi connectivity index (χ1n) is 9.58. The zero-order valence-corrected chi connectivity index (χ0v) is 16.1. The number of rotatable bonds is 4. The van der Waals surface area contributed by atoms with Crippen molar-refractivity contribution >= 4 is 22.8 Å². The van der Waals surface area contributed by atoms with Crippen LogP contribution in [0.15, 0.2) is 63.8 Å². The average molecular weight is 388 g/mol. The van der Waals surface area contributed by atoms with E-state index in [4.69, 9.17) is 9.52 Å². The van der Waals surface area contributed by atoms with Crippen LogP contribution < -0.4 is 11.1 Å². The van der Waals surface area contributed by atoms with E-state index in [-0.39, 0.29) is 11.5 Å². The summed E-state index contributed by atoms with van der Waals surface area (Å²) in [6.07, 6.45) is 1.10. The third kappa shape index (κ3) is 2.95. The Bertz CT molecular complexity index is 1280. The maximum absolute atomic E-state index is 13.1. The van der Waals surface area contributed by atoms with Crippen LogP contribution in [0, 0.1) is 5.92 Å². The van der Waals surface area contributed by atoms with Crippen LogP contribution in [0.4, 0.5) is 5.82 Å². The lowest BCUT2D eigenvalue weighted by molar-refractivity contribution is 0.102. The second-order valence-electron chi connectivity index (χ2n) is 7.56. The molecule has 2 heterocycles. The lowest BCUT2D eigenvalue weighted by Crippen LogP contribution is -2.15. The molecule has 0 saturated heterocycles. The summed E-state index contributed by atoms with van der Waals surface area (Å²) in [5, 5.41) is 7.70. The molecule has 146 valence electrons. The van der Waals surface area contributed by atoms with Crippen LogP contribution in [0.25, 0.3) is 16.8 Å². The molecule has 1 aliphatic rings. The predicted octanol–water partition coefficient (Wildman–Crippen LogP) is 3.69. The number of anilines is 1. The van der Waals surface area contributed by atoms with E-state index in [9.17, 15) is 9.59 Å². The summed E-state index contributed by atoms with van der Waals surface area (Å²) in [6, 6.07) is 16.7. The highest BCUT2D eigenvalue weighted by Crippen LogP contribution is 2.47. The molecule has 2 aromatic carbocycles. The smallest absolute Gasteiger partial charge is 0.407 e. The SMILES string of the molecule is C[C@H]1C[C@@H]1c1cc(NC(=O)c2cccc3c2oc(=O)n3C)n(-c2ccccc2)n1. The standard InChI is InChI=1S/C22H20N4O3/c1-13-11-16(13)17-12-19(26(24-17)14-7-4-3-5-8-14)23-21(27)15-9-6-10-18-20(15)29-22(28)25(18)2/h3-10,12-13,16H,11H2,1-2H3,(H,23,27)/t13-,16-/m0/s1. The van der Waals surface area contributed by atoms with Gasteiger partial charge >= 0.3 is 5.76 Å². The molecule has 0 spiro atoms. The molecule has 1 N–H and O–H groups in total. The van der Waals surface area contributed by atoms with Crippen molar-refractivity contribution in [2.24, 2.45) is 13.0 Å². The number of hydrogen-bond acceptors (Lipinski definition) is 4. The highest BCUT2D eigenvalue weighted by Gasteiger charge is 2.37. The fraction of sp³-hybridized carbons (Fsp3) is 0.227. The van der Waals surface area contributed by atoms with Gasteiger partial charge in [0.2, 0.25) is 0 Å². The number of nitrogens with zero attached hydrogens (tertiary/aromatic N) is 3. The van der Waals surface area contributed by atoms with Crippen molar-refractivity contribution in [2.45, 2.75) is 19.3 Å². The number of benzene rings is 2. The number of carbonyl (C=O) groups excluding carboxylic acids is 1. The Morgan fingerprint density at radius 1 is 1.17 bits per heavy atom. The van der Waals surface area contributed by atoms with Crippen molar-refractivity contribution in [1.29, 1.82) is 0 Å². The zero-order valence-electron chi connectivity index (χ0n) is 16.1. The lowest BCUT2D eigenvalue weighted by atomic mass is 10.2. The van der Waals surface area contributed by atoms with E-state index in [1.165, 1.54) is 4.57 Å². The number of fused-ring (bicyclic) bond motifs is 1. The minimum atomic E-state index is -0.500. The summed E-state index contributed by atoms with van der Waals surface area (Å²) in [6.45, 7) is 2.20. The Balaban J connectivity index is 1.55. The molecule has 7 nitrogen and oxygen atoms in total. The Hall–Kier alpha value is -3.61. The minimum Gasteiger partial charge on any atom is -0.407 e. The van der Waals surface area contributed by atoms with Crippen LogP contribution in [-0.2, 0) is 7.05 Å². The number of nitrogens with one attached hydrogen (secondary N) is 1.